The molecule has 0 aliphatic heterocycles. The van der Waals surface area contributed by atoms with Gasteiger partial charge >= 0.3 is 5.97 Å². The second kappa shape index (κ2) is 16.8. The zero-order valence-corrected chi connectivity index (χ0v) is 26.3. The van der Waals surface area contributed by atoms with Crippen LogP contribution in [-0.2, 0) is 25.5 Å². The Morgan fingerprint density at radius 3 is 2.31 bits per heavy atom. The summed E-state index contributed by atoms with van der Waals surface area (Å²) < 4.78 is 10.4. The highest BCUT2D eigenvalue weighted by Crippen LogP contribution is 2.22. The maximum Gasteiger partial charge on any atom is 0.311 e. The molecule has 0 spiro atoms. The van der Waals surface area contributed by atoms with Crippen molar-refractivity contribution in [3.05, 3.63) is 107 Å². The minimum absolute atomic E-state index is 0.0517. The van der Waals surface area contributed by atoms with E-state index >= 15 is 0 Å². The number of nitrogens with one attached hydrogen (secondary N) is 3. The third-order valence-electron chi connectivity index (χ3n) is 5.94. The van der Waals surface area contributed by atoms with Crippen LogP contribution in [0.15, 0.2) is 94.8 Å². The van der Waals surface area contributed by atoms with Gasteiger partial charge in [0.15, 0.2) is 5.13 Å². The van der Waals surface area contributed by atoms with Crippen molar-refractivity contribution >= 4 is 63.7 Å². The Labute approximate surface area is 269 Å². The number of benzene rings is 3. The topological polar surface area (TPSA) is 136 Å². The van der Waals surface area contributed by atoms with Crippen molar-refractivity contribution in [2.75, 3.05) is 29.6 Å². The van der Waals surface area contributed by atoms with Crippen LogP contribution in [0.25, 0.3) is 6.08 Å². The van der Waals surface area contributed by atoms with Gasteiger partial charge in [0.05, 0.1) is 31.1 Å². The number of carbonyl (C=O) groups excluding carboxylic acids is 4. The molecule has 4 aromatic rings. The molecule has 1 heterocycles. The number of nitrogens with zero attached hydrogens (tertiary/aromatic N) is 1. The number of hydrogen-bond donors (Lipinski definition) is 3. The molecule has 0 aliphatic carbocycles. The zero-order valence-electron chi connectivity index (χ0n) is 24.7. The van der Waals surface area contributed by atoms with Crippen LogP contribution in [0.2, 0.25) is 0 Å². The molecule has 3 aromatic carbocycles. The first-order valence-electron chi connectivity index (χ1n) is 14.1. The largest absolute Gasteiger partial charge is 0.494 e. The van der Waals surface area contributed by atoms with Gasteiger partial charge in [-0.15, -0.1) is 23.1 Å². The fourth-order valence-corrected chi connectivity index (χ4v) is 5.30. The Bertz CT molecular complexity index is 1640. The summed E-state index contributed by atoms with van der Waals surface area (Å²) in [5.41, 5.74) is 2.24. The van der Waals surface area contributed by atoms with Crippen LogP contribution in [0.4, 0.5) is 10.8 Å². The lowest BCUT2D eigenvalue weighted by atomic mass is 10.1. The lowest BCUT2D eigenvalue weighted by Crippen LogP contribution is -2.30. The van der Waals surface area contributed by atoms with Crippen molar-refractivity contribution in [1.82, 2.24) is 10.3 Å². The number of thiazole rings is 1. The van der Waals surface area contributed by atoms with Gasteiger partial charge in [0.1, 0.15) is 11.4 Å². The number of rotatable bonds is 14. The fourth-order valence-electron chi connectivity index (χ4n) is 3.88. The van der Waals surface area contributed by atoms with Gasteiger partial charge in [-0.3, -0.25) is 19.2 Å². The summed E-state index contributed by atoms with van der Waals surface area (Å²) in [4.78, 5) is 55.3. The monoisotopic (exact) mass is 644 g/mol. The van der Waals surface area contributed by atoms with Gasteiger partial charge in [0, 0.05) is 21.5 Å². The molecule has 0 atom stereocenters. The molecule has 0 bridgehead atoms. The van der Waals surface area contributed by atoms with E-state index in [1.807, 2.05) is 6.92 Å². The summed E-state index contributed by atoms with van der Waals surface area (Å²) >= 11 is 2.56. The van der Waals surface area contributed by atoms with Crippen LogP contribution >= 0.6 is 23.1 Å². The van der Waals surface area contributed by atoms with E-state index in [9.17, 15) is 19.2 Å². The molecule has 0 saturated carbocycles. The first-order chi connectivity index (χ1) is 21.8. The maximum atomic E-state index is 13.3. The number of esters is 1. The fraction of sp³-hybridized carbons (Fsp3) is 0.182. The van der Waals surface area contributed by atoms with E-state index in [0.29, 0.717) is 46.6 Å². The highest BCUT2D eigenvalue weighted by molar-refractivity contribution is 8.00. The van der Waals surface area contributed by atoms with Crippen LogP contribution in [0.3, 0.4) is 0 Å². The van der Waals surface area contributed by atoms with Gasteiger partial charge in [-0.2, -0.15) is 0 Å². The Morgan fingerprint density at radius 2 is 1.62 bits per heavy atom. The predicted molar refractivity (Wildman–Crippen MR) is 176 cm³/mol. The standard InChI is InChI=1S/C33H32N4O6S2/c1-3-42-26-14-10-22(11-15-26)18-28(36-31(40)23-8-6-5-7-9-23)32(41)34-24-12-16-27(17-13-24)44-21-29(38)37-33-35-25(20-45-33)19-30(39)43-4-2/h5-18,20H,3-4,19,21H2,1-2H3,(H,34,41)(H,36,40)(H,35,37,38)/b28-18-. The van der Waals surface area contributed by atoms with Gasteiger partial charge in [0.25, 0.3) is 11.8 Å². The highest BCUT2D eigenvalue weighted by atomic mass is 32.2. The summed E-state index contributed by atoms with van der Waals surface area (Å²) in [6.07, 6.45) is 1.65. The van der Waals surface area contributed by atoms with E-state index in [-0.39, 0.29) is 29.7 Å². The number of anilines is 2. The zero-order chi connectivity index (χ0) is 32.0. The molecular weight excluding hydrogens is 613 g/mol. The molecule has 0 aliphatic rings. The number of thioether (sulfide) groups is 1. The molecule has 232 valence electrons. The normalized spacial score (nSPS) is 10.9. The van der Waals surface area contributed by atoms with E-state index in [4.69, 9.17) is 9.47 Å². The first kappa shape index (κ1) is 33.0. The third-order valence-corrected chi connectivity index (χ3v) is 7.76. The molecule has 45 heavy (non-hydrogen) atoms. The number of hydrogen-bond acceptors (Lipinski definition) is 9. The van der Waals surface area contributed by atoms with E-state index < -0.39 is 11.8 Å². The Morgan fingerprint density at radius 1 is 0.889 bits per heavy atom. The number of carbonyl (C=O) groups is 4. The van der Waals surface area contributed by atoms with Crippen LogP contribution in [0, 0.1) is 0 Å². The van der Waals surface area contributed by atoms with Crippen LogP contribution in [-0.4, -0.2) is 47.6 Å². The van der Waals surface area contributed by atoms with E-state index in [0.717, 1.165) is 4.90 Å². The van der Waals surface area contributed by atoms with Crippen molar-refractivity contribution in [1.29, 1.82) is 0 Å². The van der Waals surface area contributed by atoms with Crippen molar-refractivity contribution in [2.45, 2.75) is 25.2 Å². The van der Waals surface area contributed by atoms with Gasteiger partial charge < -0.3 is 25.4 Å². The van der Waals surface area contributed by atoms with Gasteiger partial charge in [0.2, 0.25) is 5.91 Å². The van der Waals surface area contributed by atoms with E-state index in [1.165, 1.54) is 23.1 Å². The lowest BCUT2D eigenvalue weighted by Gasteiger charge is -2.12. The maximum absolute atomic E-state index is 13.3. The Balaban J connectivity index is 1.35. The molecule has 3 amide bonds. The summed E-state index contributed by atoms with van der Waals surface area (Å²) in [5, 5.41) is 10.4. The van der Waals surface area contributed by atoms with Gasteiger partial charge in [-0.25, -0.2) is 4.98 Å². The van der Waals surface area contributed by atoms with Crippen LogP contribution in [0.1, 0.15) is 35.5 Å². The number of amides is 3. The summed E-state index contributed by atoms with van der Waals surface area (Å²) in [6.45, 7) is 4.47. The molecule has 4 rings (SSSR count). The second-order valence-corrected chi connectivity index (χ2v) is 11.2. The SMILES string of the molecule is CCOC(=O)Cc1csc(NC(=O)CSc2ccc(NC(=O)/C(=C/c3ccc(OCC)cc3)NC(=O)c3ccccc3)cc2)n1. The average molecular weight is 645 g/mol. The molecule has 1 aromatic heterocycles. The van der Waals surface area contributed by atoms with Crippen molar-refractivity contribution in [3.8, 4) is 5.75 Å². The first-order valence-corrected chi connectivity index (χ1v) is 15.9. The molecule has 3 N–H and O–H groups in total. The van der Waals surface area contributed by atoms with Crippen molar-refractivity contribution in [3.63, 3.8) is 0 Å². The summed E-state index contributed by atoms with van der Waals surface area (Å²) in [6, 6.07) is 22.8. The Kier molecular flexibility index (Phi) is 12.3. The average Bonchev–Trinajstić information content (AvgIpc) is 3.48. The minimum atomic E-state index is -0.501. The van der Waals surface area contributed by atoms with Crippen molar-refractivity contribution < 1.29 is 28.7 Å². The Hall–Kier alpha value is -4.94. The summed E-state index contributed by atoms with van der Waals surface area (Å²) in [7, 11) is 0. The molecule has 10 nitrogen and oxygen atoms in total. The quantitative estimate of drug-likeness (QED) is 0.0892. The van der Waals surface area contributed by atoms with Crippen LogP contribution < -0.4 is 20.7 Å². The molecule has 0 radical (unpaired) electrons. The molecular formula is C33H32N4O6S2. The van der Waals surface area contributed by atoms with Crippen LogP contribution in [0.5, 0.6) is 5.75 Å². The molecule has 12 heteroatoms. The molecule has 0 saturated heterocycles. The second-order valence-electron chi connectivity index (χ2n) is 9.32. The predicted octanol–water partition coefficient (Wildman–Crippen LogP) is 5.79. The van der Waals surface area contributed by atoms with Gasteiger partial charge in [-0.05, 0) is 74.0 Å². The third kappa shape index (κ3) is 10.6. The highest BCUT2D eigenvalue weighted by Gasteiger charge is 2.16. The van der Waals surface area contributed by atoms with Crippen molar-refractivity contribution in [2.24, 2.45) is 0 Å². The molecule has 0 fully saturated rings. The smallest absolute Gasteiger partial charge is 0.311 e. The minimum Gasteiger partial charge on any atom is -0.494 e. The number of aromatic nitrogens is 1. The molecule has 0 unspecified atom stereocenters. The van der Waals surface area contributed by atoms with Gasteiger partial charge in [-0.1, -0.05) is 30.3 Å². The van der Waals surface area contributed by atoms with E-state index in [2.05, 4.69) is 20.9 Å². The number of ether oxygens (including phenoxy) is 2. The van der Waals surface area contributed by atoms with E-state index in [1.54, 1.807) is 97.2 Å². The lowest BCUT2D eigenvalue weighted by molar-refractivity contribution is -0.142. The summed E-state index contributed by atoms with van der Waals surface area (Å²) in [5.74, 6) is -0.688.